The maximum absolute atomic E-state index is 14.6. The highest BCUT2D eigenvalue weighted by Gasteiger charge is 2.53. The molecule has 4 aromatic rings. The molecule has 3 N–H and O–H groups in total. The van der Waals surface area contributed by atoms with Crippen LogP contribution in [0, 0.1) is 5.41 Å². The van der Waals surface area contributed by atoms with Gasteiger partial charge >= 0.3 is 0 Å². The first-order chi connectivity index (χ1) is 29.2. The number of nitrogens with zero attached hydrogens (tertiary/aromatic N) is 6. The molecular formula is C47H54N8O5. The van der Waals surface area contributed by atoms with Crippen molar-refractivity contribution in [3.8, 4) is 17.0 Å². The molecule has 4 amide bonds. The zero-order valence-electron chi connectivity index (χ0n) is 34.1. The maximum atomic E-state index is 14.6. The number of rotatable bonds is 9. The monoisotopic (exact) mass is 810 g/mol. The Hall–Kier alpha value is -5.82. The van der Waals surface area contributed by atoms with Crippen molar-refractivity contribution in [2.24, 2.45) is 5.41 Å². The van der Waals surface area contributed by atoms with E-state index in [1.54, 1.807) is 18.3 Å². The van der Waals surface area contributed by atoms with E-state index in [0.29, 0.717) is 62.5 Å². The van der Waals surface area contributed by atoms with Gasteiger partial charge in [-0.15, -0.1) is 0 Å². The highest BCUT2D eigenvalue weighted by molar-refractivity contribution is 6.01. The summed E-state index contributed by atoms with van der Waals surface area (Å²) in [6.07, 6.45) is 7.78. The number of likely N-dealkylation sites (tertiary alicyclic amines) is 3. The number of nitrogens with one attached hydrogen (secondary N) is 2. The zero-order chi connectivity index (χ0) is 41.3. The number of phenolic OH excluding ortho intramolecular Hbond substituents is 1. The second-order valence-electron chi connectivity index (χ2n) is 17.6. The summed E-state index contributed by atoms with van der Waals surface area (Å²) in [5, 5.41) is 24.6. The molecule has 1 spiro atoms. The van der Waals surface area contributed by atoms with E-state index >= 15 is 0 Å². The number of aromatic nitrogens is 2. The van der Waals surface area contributed by atoms with Gasteiger partial charge in [-0.25, -0.2) is 0 Å². The molecule has 9 rings (SSSR count). The summed E-state index contributed by atoms with van der Waals surface area (Å²) in [4.78, 5) is 60.5. The van der Waals surface area contributed by atoms with Gasteiger partial charge in [0.05, 0.1) is 29.5 Å². The summed E-state index contributed by atoms with van der Waals surface area (Å²) in [5.74, 6) is 0.516. The fourth-order valence-corrected chi connectivity index (χ4v) is 10.2. The molecule has 312 valence electrons. The molecule has 5 saturated heterocycles. The summed E-state index contributed by atoms with van der Waals surface area (Å²) in [7, 11) is 0. The standard InChI is InChI=1S/C47H54N8O5/c56-41-9-5-4-8-38(41)40-28-37(29-48-51-40)53-26-20-47(21-27-53,35-6-2-1-3-7-35)45(60)55-31-46(32-55)18-24-54(25-19-46)43(58)30-52-22-16-34(17-23-52)33-10-12-36(13-11-33)49-39-14-15-42(57)50-44(39)59/h1-13,28-29,34,39,49,56H,14-27,30-32H2,(H,50,57,59)/t39-/m0/s1. The Morgan fingerprint density at radius 1 is 0.800 bits per heavy atom. The molecule has 3 aromatic carbocycles. The van der Waals surface area contributed by atoms with Crippen LogP contribution in [0.4, 0.5) is 11.4 Å². The number of carbonyl (C=O) groups excluding carboxylic acids is 4. The lowest BCUT2D eigenvalue weighted by atomic mass is 9.67. The molecule has 13 nitrogen and oxygen atoms in total. The lowest BCUT2D eigenvalue weighted by Crippen LogP contribution is -2.66. The number of phenols is 1. The molecule has 1 aromatic heterocycles. The van der Waals surface area contributed by atoms with Crippen molar-refractivity contribution < 1.29 is 24.3 Å². The number of benzene rings is 3. The van der Waals surface area contributed by atoms with Crippen molar-refractivity contribution in [1.29, 1.82) is 0 Å². The van der Waals surface area contributed by atoms with Crippen LogP contribution in [0.5, 0.6) is 5.75 Å². The van der Waals surface area contributed by atoms with Crippen molar-refractivity contribution >= 4 is 35.0 Å². The average molecular weight is 811 g/mol. The number of amides is 4. The number of hydrogen-bond donors (Lipinski definition) is 3. The summed E-state index contributed by atoms with van der Waals surface area (Å²) in [6, 6.07) is 27.2. The molecule has 5 fully saturated rings. The zero-order valence-corrected chi connectivity index (χ0v) is 34.1. The van der Waals surface area contributed by atoms with E-state index in [2.05, 4.69) is 59.8 Å². The summed E-state index contributed by atoms with van der Waals surface area (Å²) in [6.45, 7) is 6.54. The Morgan fingerprint density at radius 3 is 2.20 bits per heavy atom. The second kappa shape index (κ2) is 16.7. The minimum absolute atomic E-state index is 0.0679. The van der Waals surface area contributed by atoms with Gasteiger partial charge in [-0.05, 0) is 105 Å². The highest BCUT2D eigenvalue weighted by Crippen LogP contribution is 2.46. The van der Waals surface area contributed by atoms with E-state index < -0.39 is 11.5 Å². The largest absolute Gasteiger partial charge is 0.507 e. The molecule has 0 bridgehead atoms. The topological polar surface area (TPSA) is 151 Å². The fraction of sp³-hybridized carbons (Fsp3) is 0.447. The molecule has 0 radical (unpaired) electrons. The molecule has 0 unspecified atom stereocenters. The van der Waals surface area contributed by atoms with Gasteiger partial charge in [-0.2, -0.15) is 10.2 Å². The van der Waals surface area contributed by atoms with Crippen molar-refractivity contribution in [3.63, 3.8) is 0 Å². The smallest absolute Gasteiger partial charge is 0.249 e. The minimum Gasteiger partial charge on any atom is -0.507 e. The number of hydrogen-bond acceptors (Lipinski definition) is 10. The number of aromatic hydroxyl groups is 1. The second-order valence-corrected chi connectivity index (χ2v) is 17.6. The van der Waals surface area contributed by atoms with Gasteiger partial charge in [-0.1, -0.05) is 54.6 Å². The Morgan fingerprint density at radius 2 is 1.50 bits per heavy atom. The predicted octanol–water partition coefficient (Wildman–Crippen LogP) is 4.94. The average Bonchev–Trinajstić information content (AvgIpc) is 3.27. The van der Waals surface area contributed by atoms with Crippen LogP contribution in [0.3, 0.4) is 0 Å². The molecule has 5 aliphatic heterocycles. The van der Waals surface area contributed by atoms with E-state index in [1.807, 2.05) is 53.4 Å². The van der Waals surface area contributed by atoms with Gasteiger partial charge in [-0.3, -0.25) is 29.4 Å². The fourth-order valence-electron chi connectivity index (χ4n) is 10.2. The van der Waals surface area contributed by atoms with Crippen LogP contribution in [-0.4, -0.2) is 119 Å². The van der Waals surface area contributed by atoms with Crippen molar-refractivity contribution in [1.82, 2.24) is 30.2 Å². The number of imide groups is 1. The van der Waals surface area contributed by atoms with Gasteiger partial charge in [0.2, 0.25) is 23.6 Å². The third kappa shape index (κ3) is 8.07. The molecule has 60 heavy (non-hydrogen) atoms. The molecular weight excluding hydrogens is 757 g/mol. The molecule has 13 heteroatoms. The predicted molar refractivity (Wildman–Crippen MR) is 228 cm³/mol. The molecule has 5 aliphatic rings. The lowest BCUT2D eigenvalue weighted by Gasteiger charge is -2.56. The normalized spacial score (nSPS) is 21.9. The van der Waals surface area contributed by atoms with E-state index in [0.717, 1.165) is 81.9 Å². The van der Waals surface area contributed by atoms with Crippen LogP contribution >= 0.6 is 0 Å². The lowest BCUT2D eigenvalue weighted by molar-refractivity contribution is -0.156. The quantitative estimate of drug-likeness (QED) is 0.199. The van der Waals surface area contributed by atoms with Gasteiger partial charge in [0.15, 0.2) is 0 Å². The van der Waals surface area contributed by atoms with E-state index in [-0.39, 0.29) is 34.8 Å². The summed E-state index contributed by atoms with van der Waals surface area (Å²) in [5.41, 5.74) is 4.85. The van der Waals surface area contributed by atoms with Gasteiger partial charge in [0, 0.05) is 62.4 Å². The molecule has 6 heterocycles. The third-order valence-electron chi connectivity index (χ3n) is 14.0. The van der Waals surface area contributed by atoms with Crippen LogP contribution in [0.15, 0.2) is 91.1 Å². The van der Waals surface area contributed by atoms with Gasteiger partial charge in [0.25, 0.3) is 0 Å². The first-order valence-corrected chi connectivity index (χ1v) is 21.6. The number of carbonyl (C=O) groups is 4. The SMILES string of the molecule is O=C1CC[C@H](Nc2ccc(C3CCN(CC(=O)N4CCC5(CC4)CN(C(=O)C4(c6ccccc6)CCN(c6cnnc(-c7ccccc7O)c6)CC4)C5)CC3)cc2)C(=O)N1. The maximum Gasteiger partial charge on any atom is 0.249 e. The first-order valence-electron chi connectivity index (χ1n) is 21.6. The molecule has 0 aliphatic carbocycles. The van der Waals surface area contributed by atoms with Crippen molar-refractivity contribution in [2.75, 3.05) is 69.1 Å². The Kier molecular flexibility index (Phi) is 11.0. The molecule has 0 saturated carbocycles. The highest BCUT2D eigenvalue weighted by atomic mass is 16.3. The molecule has 1 atom stereocenters. The first kappa shape index (κ1) is 39.6. The Labute approximate surface area is 351 Å². The van der Waals surface area contributed by atoms with E-state index in [4.69, 9.17) is 0 Å². The van der Waals surface area contributed by atoms with Crippen LogP contribution in [0.2, 0.25) is 0 Å². The van der Waals surface area contributed by atoms with E-state index in [9.17, 15) is 24.3 Å². The van der Waals surface area contributed by atoms with Crippen molar-refractivity contribution in [3.05, 3.63) is 102 Å². The minimum atomic E-state index is -0.608. The summed E-state index contributed by atoms with van der Waals surface area (Å²) < 4.78 is 0. The summed E-state index contributed by atoms with van der Waals surface area (Å²) >= 11 is 0. The Bertz CT molecular complexity index is 2200. The third-order valence-corrected chi connectivity index (χ3v) is 14.0. The number of para-hydroxylation sites is 1. The van der Waals surface area contributed by atoms with Crippen LogP contribution in [0.25, 0.3) is 11.3 Å². The van der Waals surface area contributed by atoms with Crippen LogP contribution in [-0.2, 0) is 24.6 Å². The van der Waals surface area contributed by atoms with Crippen LogP contribution < -0.4 is 15.5 Å². The number of anilines is 2. The van der Waals surface area contributed by atoms with Gasteiger partial charge in [0.1, 0.15) is 11.8 Å². The van der Waals surface area contributed by atoms with E-state index in [1.165, 1.54) is 5.56 Å². The van der Waals surface area contributed by atoms with Crippen LogP contribution in [0.1, 0.15) is 68.4 Å². The Balaban J connectivity index is 0.747. The van der Waals surface area contributed by atoms with Gasteiger partial charge < -0.3 is 25.1 Å². The van der Waals surface area contributed by atoms with Crippen molar-refractivity contribution in [2.45, 2.75) is 68.7 Å². The number of piperidine rings is 4.